The van der Waals surface area contributed by atoms with Crippen LogP contribution in [0.5, 0.6) is 0 Å². The third-order valence-corrected chi connectivity index (χ3v) is 2.86. The van der Waals surface area contributed by atoms with Gasteiger partial charge in [-0.05, 0) is 39.2 Å². The third-order valence-electron chi connectivity index (χ3n) is 2.86. The first-order valence-corrected chi connectivity index (χ1v) is 6.16. The average Bonchev–Trinajstić information content (AvgIpc) is 2.63. The minimum absolute atomic E-state index is 0.0468. The molecule has 1 rings (SSSR count). The molecule has 0 heterocycles. The van der Waals surface area contributed by atoms with E-state index in [9.17, 15) is 4.79 Å². The lowest BCUT2D eigenvalue weighted by molar-refractivity contribution is 0.0975. The van der Waals surface area contributed by atoms with E-state index in [1.165, 1.54) is 6.08 Å². The summed E-state index contributed by atoms with van der Waals surface area (Å²) in [5, 5.41) is 9.84. The first-order chi connectivity index (χ1) is 8.38. The maximum absolute atomic E-state index is 11.4. The second-order valence-electron chi connectivity index (χ2n) is 4.94. The first-order valence-electron chi connectivity index (χ1n) is 6.16. The Morgan fingerprint density at radius 2 is 2.11 bits per heavy atom. The summed E-state index contributed by atoms with van der Waals surface area (Å²) in [6.07, 6.45) is 3.32. The van der Waals surface area contributed by atoms with Crippen molar-refractivity contribution in [1.82, 2.24) is 5.32 Å². The summed E-state index contributed by atoms with van der Waals surface area (Å²) in [5.74, 6) is 0.0974. The number of hydrogen-bond acceptors (Lipinski definition) is 4. The van der Waals surface area contributed by atoms with E-state index in [2.05, 4.69) is 5.32 Å². The van der Waals surface area contributed by atoms with Crippen LogP contribution in [0.2, 0.25) is 0 Å². The van der Waals surface area contributed by atoms with E-state index in [4.69, 9.17) is 21.6 Å². The van der Waals surface area contributed by atoms with Crippen LogP contribution in [-0.2, 0) is 4.74 Å². The maximum atomic E-state index is 11.4. The molecule has 0 unspecified atom stereocenters. The van der Waals surface area contributed by atoms with Gasteiger partial charge in [-0.25, -0.2) is 4.79 Å². The fourth-order valence-corrected chi connectivity index (χ4v) is 2.07. The molecule has 6 heteroatoms. The van der Waals surface area contributed by atoms with Gasteiger partial charge >= 0.3 is 6.09 Å². The highest BCUT2D eigenvalue weighted by Crippen LogP contribution is 2.31. The van der Waals surface area contributed by atoms with Crippen LogP contribution >= 0.6 is 0 Å². The zero-order chi connectivity index (χ0) is 13.7. The highest BCUT2D eigenvalue weighted by molar-refractivity contribution is 5.89. The number of allylic oxidation sites excluding steroid dienone is 1. The van der Waals surface area contributed by atoms with Crippen molar-refractivity contribution in [3.63, 3.8) is 0 Å². The predicted molar refractivity (Wildman–Crippen MR) is 70.1 cm³/mol. The number of carbonyl (C=O) groups excluding carboxylic acids is 1. The molecule has 0 saturated heterocycles. The van der Waals surface area contributed by atoms with Gasteiger partial charge in [-0.15, -0.1) is 0 Å². The van der Waals surface area contributed by atoms with Gasteiger partial charge in [0, 0.05) is 17.7 Å². The van der Waals surface area contributed by atoms with Crippen molar-refractivity contribution in [3.8, 4) is 0 Å². The van der Waals surface area contributed by atoms with Crippen LogP contribution < -0.4 is 16.8 Å². The Hall–Kier alpha value is -1.72. The van der Waals surface area contributed by atoms with Crippen molar-refractivity contribution in [2.24, 2.45) is 17.4 Å². The van der Waals surface area contributed by atoms with E-state index in [1.54, 1.807) is 0 Å². The summed E-state index contributed by atoms with van der Waals surface area (Å²) in [4.78, 5) is 11.4. The molecule has 6 nitrogen and oxygen atoms in total. The molecule has 2 atom stereocenters. The minimum atomic E-state index is -0.384. The number of alkyl carbamates (subject to hydrolysis) is 1. The Morgan fingerprint density at radius 3 is 2.67 bits per heavy atom. The lowest BCUT2D eigenvalue weighted by Gasteiger charge is -2.15. The van der Waals surface area contributed by atoms with Gasteiger partial charge in [-0.1, -0.05) is 0 Å². The normalized spacial score (nSPS) is 24.1. The van der Waals surface area contributed by atoms with Crippen molar-refractivity contribution < 1.29 is 9.53 Å². The van der Waals surface area contributed by atoms with Crippen LogP contribution in [0.4, 0.5) is 4.79 Å². The van der Waals surface area contributed by atoms with Crippen molar-refractivity contribution in [2.75, 3.05) is 0 Å². The van der Waals surface area contributed by atoms with E-state index in [0.717, 1.165) is 12.8 Å². The first kappa shape index (κ1) is 14.3. The highest BCUT2D eigenvalue weighted by Gasteiger charge is 2.29. The van der Waals surface area contributed by atoms with Gasteiger partial charge in [0.25, 0.3) is 0 Å². The lowest BCUT2D eigenvalue weighted by atomic mass is 10.0. The van der Waals surface area contributed by atoms with Crippen molar-refractivity contribution in [1.29, 1.82) is 5.41 Å². The summed E-state index contributed by atoms with van der Waals surface area (Å²) < 4.78 is 5.29. The van der Waals surface area contributed by atoms with Crippen molar-refractivity contribution in [2.45, 2.75) is 45.3 Å². The number of hydrogen-bond donors (Lipinski definition) is 4. The summed E-state index contributed by atoms with van der Waals surface area (Å²) in [6, 6.07) is 0.0670. The van der Waals surface area contributed by atoms with Crippen LogP contribution in [0.25, 0.3) is 0 Å². The quantitative estimate of drug-likeness (QED) is 0.443. The largest absolute Gasteiger partial charge is 0.446 e. The summed E-state index contributed by atoms with van der Waals surface area (Å²) in [7, 11) is 0. The number of amidine groups is 1. The fraction of sp³-hybridized carbons (Fsp3) is 0.667. The SMILES string of the molecule is CC(C)NC(=O)O[C@@H]1CC[C@H](C(N)=CC(=N)N)C1. The van der Waals surface area contributed by atoms with E-state index in [1.807, 2.05) is 13.8 Å². The molecule has 0 bridgehead atoms. The predicted octanol–water partition coefficient (Wildman–Crippen LogP) is 1.07. The molecule has 1 fully saturated rings. The Balaban J connectivity index is 2.42. The number of ether oxygens (including phenoxy) is 1. The average molecular weight is 254 g/mol. The van der Waals surface area contributed by atoms with Gasteiger partial charge in [0.1, 0.15) is 11.9 Å². The van der Waals surface area contributed by atoms with Gasteiger partial charge < -0.3 is 21.5 Å². The molecule has 102 valence electrons. The van der Waals surface area contributed by atoms with E-state index in [0.29, 0.717) is 12.1 Å². The minimum Gasteiger partial charge on any atom is -0.446 e. The Bertz CT molecular complexity index is 352. The Morgan fingerprint density at radius 1 is 1.44 bits per heavy atom. The molecule has 0 aliphatic heterocycles. The van der Waals surface area contributed by atoms with Crippen LogP contribution in [0.1, 0.15) is 33.1 Å². The second-order valence-corrected chi connectivity index (χ2v) is 4.94. The van der Waals surface area contributed by atoms with Crippen LogP contribution in [-0.4, -0.2) is 24.1 Å². The van der Waals surface area contributed by atoms with E-state index in [-0.39, 0.29) is 30.0 Å². The summed E-state index contributed by atoms with van der Waals surface area (Å²) in [6.45, 7) is 3.76. The van der Waals surface area contributed by atoms with Gasteiger partial charge in [-0.2, -0.15) is 0 Å². The highest BCUT2D eigenvalue weighted by atomic mass is 16.6. The topological polar surface area (TPSA) is 114 Å². The van der Waals surface area contributed by atoms with Crippen LogP contribution in [0.15, 0.2) is 11.8 Å². The zero-order valence-corrected chi connectivity index (χ0v) is 10.9. The van der Waals surface area contributed by atoms with E-state index < -0.39 is 0 Å². The zero-order valence-electron chi connectivity index (χ0n) is 10.9. The van der Waals surface area contributed by atoms with Crippen molar-refractivity contribution in [3.05, 3.63) is 11.8 Å². The van der Waals surface area contributed by atoms with Gasteiger partial charge in [0.2, 0.25) is 0 Å². The molecule has 1 saturated carbocycles. The smallest absolute Gasteiger partial charge is 0.407 e. The molecule has 1 aliphatic rings. The van der Waals surface area contributed by atoms with Crippen LogP contribution in [0.3, 0.4) is 0 Å². The second kappa shape index (κ2) is 6.28. The molecule has 0 spiro atoms. The molecule has 0 aromatic rings. The van der Waals surface area contributed by atoms with E-state index >= 15 is 0 Å². The standard InChI is InChI=1S/C12H22N4O2/c1-7(2)16-12(17)18-9-4-3-8(5-9)10(13)6-11(14)15/h6-9H,3-5,13H2,1-2H3,(H3,14,15)(H,16,17)/t8-,9+/m0/s1. The molecule has 1 aliphatic carbocycles. The Kier molecular flexibility index (Phi) is 5.00. The molecule has 0 aromatic carbocycles. The van der Waals surface area contributed by atoms with Crippen LogP contribution in [0, 0.1) is 11.3 Å². The molecular formula is C12H22N4O2. The molecular weight excluding hydrogens is 232 g/mol. The molecule has 18 heavy (non-hydrogen) atoms. The Labute approximate surface area is 107 Å². The van der Waals surface area contributed by atoms with Gasteiger partial charge in [0.05, 0.1) is 0 Å². The number of nitrogens with one attached hydrogen (secondary N) is 2. The van der Waals surface area contributed by atoms with Gasteiger partial charge in [-0.3, -0.25) is 5.41 Å². The number of rotatable bonds is 4. The third kappa shape index (κ3) is 4.65. The van der Waals surface area contributed by atoms with Gasteiger partial charge in [0.15, 0.2) is 0 Å². The number of amides is 1. The molecule has 0 aromatic heterocycles. The summed E-state index contributed by atoms with van der Waals surface area (Å²) >= 11 is 0. The fourth-order valence-electron chi connectivity index (χ4n) is 2.07. The van der Waals surface area contributed by atoms with Crippen molar-refractivity contribution >= 4 is 11.9 Å². The molecule has 0 radical (unpaired) electrons. The lowest BCUT2D eigenvalue weighted by Crippen LogP contribution is -2.33. The molecule has 1 amide bonds. The number of nitrogens with two attached hydrogens (primary N) is 2. The molecule has 6 N–H and O–H groups in total. The summed E-state index contributed by atoms with van der Waals surface area (Å²) in [5.41, 5.74) is 11.7. The number of carbonyl (C=O) groups is 1. The maximum Gasteiger partial charge on any atom is 0.407 e. The monoisotopic (exact) mass is 254 g/mol.